The van der Waals surface area contributed by atoms with Crippen molar-refractivity contribution in [2.45, 2.75) is 55.7 Å². The van der Waals surface area contributed by atoms with E-state index in [0.717, 1.165) is 29.2 Å². The summed E-state index contributed by atoms with van der Waals surface area (Å²) in [6, 6.07) is 5.44. The molecule has 4 bridgehead atoms. The third-order valence-electron chi connectivity index (χ3n) is 7.57. The van der Waals surface area contributed by atoms with Gasteiger partial charge in [-0.1, -0.05) is 17.8 Å². The average molecular weight is 455 g/mol. The van der Waals surface area contributed by atoms with Crippen LogP contribution in [-0.2, 0) is 23.8 Å². The third-order valence-corrected chi connectivity index (χ3v) is 8.39. The molecule has 8 nitrogen and oxygen atoms in total. The minimum Gasteiger partial charge on any atom is -0.415 e. The van der Waals surface area contributed by atoms with Gasteiger partial charge in [-0.3, -0.25) is 9.36 Å². The highest BCUT2D eigenvalue weighted by molar-refractivity contribution is 7.99. The Morgan fingerprint density at radius 2 is 1.88 bits per heavy atom. The zero-order valence-corrected chi connectivity index (χ0v) is 18.8. The van der Waals surface area contributed by atoms with Crippen LogP contribution in [0.15, 0.2) is 37.1 Å². The van der Waals surface area contributed by atoms with Gasteiger partial charge < -0.3 is 14.2 Å². The molecule has 32 heavy (non-hydrogen) atoms. The lowest BCUT2D eigenvalue weighted by Crippen LogP contribution is -2.48. The fourth-order valence-electron chi connectivity index (χ4n) is 6.52. The van der Waals surface area contributed by atoms with Gasteiger partial charge >= 0.3 is 5.76 Å². The maximum atomic E-state index is 12.4. The molecule has 0 aliphatic heterocycles. The molecule has 0 spiro atoms. The van der Waals surface area contributed by atoms with Gasteiger partial charge in [0.05, 0.1) is 11.3 Å². The predicted octanol–water partition coefficient (Wildman–Crippen LogP) is 3.39. The van der Waals surface area contributed by atoms with Crippen LogP contribution in [0.3, 0.4) is 0 Å². The van der Waals surface area contributed by atoms with Crippen LogP contribution in [0.1, 0.15) is 50.0 Å². The number of carbonyl (C=O) groups excluding carboxylic acids is 1. The summed E-state index contributed by atoms with van der Waals surface area (Å²) in [5.41, 5.74) is 2.22. The normalized spacial score (nSPS) is 28.5. The molecule has 4 aliphatic carbocycles. The number of nitrogens with zero attached hydrogens (tertiary/aromatic N) is 3. The van der Waals surface area contributed by atoms with Gasteiger partial charge in [-0.25, -0.2) is 4.79 Å². The summed E-state index contributed by atoms with van der Waals surface area (Å²) in [6.45, 7) is 0.372. The molecule has 2 heterocycles. The van der Waals surface area contributed by atoms with Gasteiger partial charge in [0.2, 0.25) is 11.8 Å². The topological polar surface area (TPSA) is 103 Å². The lowest BCUT2D eigenvalue weighted by molar-refractivity contribution is -0.118. The van der Waals surface area contributed by atoms with E-state index in [1.54, 1.807) is 13.1 Å². The summed E-state index contributed by atoms with van der Waals surface area (Å²) < 4.78 is 12.7. The number of thioether (sulfide) groups is 1. The maximum Gasteiger partial charge on any atom is 0.419 e. The van der Waals surface area contributed by atoms with Crippen molar-refractivity contribution in [1.82, 2.24) is 20.1 Å². The predicted molar refractivity (Wildman–Crippen MR) is 118 cm³/mol. The van der Waals surface area contributed by atoms with E-state index in [-0.39, 0.29) is 17.1 Å². The lowest BCUT2D eigenvalue weighted by atomic mass is 9.49. The molecule has 1 N–H and O–H groups in total. The van der Waals surface area contributed by atoms with Gasteiger partial charge in [0.15, 0.2) is 5.58 Å². The van der Waals surface area contributed by atoms with Gasteiger partial charge in [-0.05, 0) is 74.0 Å². The number of oxazole rings is 1. The van der Waals surface area contributed by atoms with Crippen LogP contribution in [0.25, 0.3) is 11.1 Å². The summed E-state index contributed by atoms with van der Waals surface area (Å²) in [6.07, 6.45) is 7.66. The third kappa shape index (κ3) is 3.46. The number of carbonyl (C=O) groups is 1. The molecule has 4 saturated carbocycles. The number of nitrogens with one attached hydrogen (secondary N) is 1. The number of benzene rings is 1. The number of fused-ring (bicyclic) bond motifs is 1. The zero-order valence-electron chi connectivity index (χ0n) is 18.0. The number of aryl methyl sites for hydroxylation is 1. The molecule has 7 rings (SSSR count). The van der Waals surface area contributed by atoms with E-state index < -0.39 is 5.76 Å². The largest absolute Gasteiger partial charge is 0.419 e. The SMILES string of the molecule is Cn1c(=O)oc2ccc(CNC(=O)CSc3nnc(C45CC6CC(CC(C6)C4)C5)o3)cc21. The van der Waals surface area contributed by atoms with Crippen molar-refractivity contribution in [3.05, 3.63) is 40.2 Å². The van der Waals surface area contributed by atoms with Crippen molar-refractivity contribution in [2.75, 3.05) is 5.75 Å². The number of amides is 1. The quantitative estimate of drug-likeness (QED) is 0.570. The van der Waals surface area contributed by atoms with Crippen molar-refractivity contribution in [1.29, 1.82) is 0 Å². The molecule has 4 fully saturated rings. The summed E-state index contributed by atoms with van der Waals surface area (Å²) in [5, 5.41) is 12.0. The molecule has 0 unspecified atom stereocenters. The summed E-state index contributed by atoms with van der Waals surface area (Å²) in [4.78, 5) is 24.0. The second kappa shape index (κ2) is 7.50. The Kier molecular flexibility index (Phi) is 4.71. The lowest BCUT2D eigenvalue weighted by Gasteiger charge is -2.55. The Morgan fingerprint density at radius 3 is 2.59 bits per heavy atom. The van der Waals surface area contributed by atoms with E-state index in [1.165, 1.54) is 54.9 Å². The van der Waals surface area contributed by atoms with Crippen molar-refractivity contribution in [3.8, 4) is 0 Å². The van der Waals surface area contributed by atoms with E-state index in [4.69, 9.17) is 8.83 Å². The summed E-state index contributed by atoms with van der Waals surface area (Å²) in [7, 11) is 1.66. The smallest absolute Gasteiger partial charge is 0.415 e. The van der Waals surface area contributed by atoms with Crippen molar-refractivity contribution >= 4 is 28.8 Å². The van der Waals surface area contributed by atoms with E-state index in [9.17, 15) is 9.59 Å². The summed E-state index contributed by atoms with van der Waals surface area (Å²) >= 11 is 1.28. The fraction of sp³-hybridized carbons (Fsp3) is 0.565. The molecule has 4 aliphatic rings. The second-order valence-corrected chi connectivity index (χ2v) is 10.8. The van der Waals surface area contributed by atoms with Crippen LogP contribution in [-0.4, -0.2) is 26.4 Å². The van der Waals surface area contributed by atoms with Crippen molar-refractivity contribution in [3.63, 3.8) is 0 Å². The van der Waals surface area contributed by atoms with Crippen LogP contribution in [0.2, 0.25) is 0 Å². The Morgan fingerprint density at radius 1 is 1.16 bits per heavy atom. The molecule has 0 radical (unpaired) electrons. The molecule has 2 aromatic heterocycles. The van der Waals surface area contributed by atoms with E-state index in [2.05, 4.69) is 15.5 Å². The number of aromatic nitrogens is 3. The highest BCUT2D eigenvalue weighted by atomic mass is 32.2. The Bertz CT molecular complexity index is 1210. The fourth-order valence-corrected chi connectivity index (χ4v) is 7.11. The monoisotopic (exact) mass is 454 g/mol. The van der Waals surface area contributed by atoms with Crippen LogP contribution < -0.4 is 11.1 Å². The maximum absolute atomic E-state index is 12.4. The van der Waals surface area contributed by atoms with Crippen LogP contribution in [0, 0.1) is 17.8 Å². The number of hydrogen-bond acceptors (Lipinski definition) is 7. The first-order valence-corrected chi connectivity index (χ1v) is 12.3. The van der Waals surface area contributed by atoms with Crippen LogP contribution in [0.4, 0.5) is 0 Å². The highest BCUT2D eigenvalue weighted by Gasteiger charge is 2.54. The molecule has 1 amide bonds. The van der Waals surface area contributed by atoms with Crippen molar-refractivity contribution in [2.24, 2.45) is 24.8 Å². The molecule has 1 aromatic carbocycles. The standard InChI is InChI=1S/C23H26N4O4S/c1-27-17-7-13(2-3-18(17)30-22(27)29)11-24-19(28)12-32-21-26-25-20(31-21)23-8-14-4-15(9-23)6-16(5-14)10-23/h2-3,7,14-16H,4-6,8-12H2,1H3,(H,24,28). The minimum atomic E-state index is -0.398. The average Bonchev–Trinajstić information content (AvgIpc) is 3.35. The molecule has 3 aromatic rings. The van der Waals surface area contributed by atoms with Gasteiger partial charge in [0.1, 0.15) is 0 Å². The van der Waals surface area contributed by atoms with Gasteiger partial charge in [-0.15, -0.1) is 10.2 Å². The van der Waals surface area contributed by atoms with E-state index in [0.29, 0.717) is 22.9 Å². The molecular formula is C23H26N4O4S. The first-order valence-electron chi connectivity index (χ1n) is 11.3. The van der Waals surface area contributed by atoms with Gasteiger partial charge in [0.25, 0.3) is 5.22 Å². The Hall–Kier alpha value is -2.55. The van der Waals surface area contributed by atoms with Crippen molar-refractivity contribution < 1.29 is 13.6 Å². The Labute approximate surface area is 189 Å². The number of rotatable bonds is 6. The molecule has 0 saturated heterocycles. The van der Waals surface area contributed by atoms with E-state index in [1.807, 2.05) is 12.1 Å². The zero-order chi connectivity index (χ0) is 21.9. The second-order valence-electron chi connectivity index (χ2n) is 9.87. The first-order chi connectivity index (χ1) is 15.5. The minimum absolute atomic E-state index is 0.0780. The van der Waals surface area contributed by atoms with Crippen LogP contribution in [0.5, 0.6) is 0 Å². The first kappa shape index (κ1) is 20.1. The molecule has 168 valence electrons. The molecular weight excluding hydrogens is 428 g/mol. The van der Waals surface area contributed by atoms with Gasteiger partial charge in [0, 0.05) is 19.0 Å². The van der Waals surface area contributed by atoms with Gasteiger partial charge in [-0.2, -0.15) is 0 Å². The molecule has 0 atom stereocenters. The highest BCUT2D eigenvalue weighted by Crippen LogP contribution is 2.60. The molecule has 9 heteroatoms. The summed E-state index contributed by atoms with van der Waals surface area (Å²) in [5.74, 6) is 2.96. The Balaban J connectivity index is 1.06. The van der Waals surface area contributed by atoms with Crippen LogP contribution >= 0.6 is 11.8 Å². The van der Waals surface area contributed by atoms with E-state index >= 15 is 0 Å². The number of hydrogen-bond donors (Lipinski definition) is 1.